The Morgan fingerprint density at radius 3 is 2.33 bits per heavy atom. The van der Waals surface area contributed by atoms with E-state index in [1.165, 1.54) is 0 Å². The van der Waals surface area contributed by atoms with Crippen LogP contribution in [0.5, 0.6) is 0 Å². The van der Waals surface area contributed by atoms with E-state index in [-0.39, 0.29) is 21.7 Å². The third-order valence-corrected chi connectivity index (χ3v) is 5.22. The van der Waals surface area contributed by atoms with Gasteiger partial charge >= 0.3 is 0 Å². The molecule has 0 fully saturated rings. The van der Waals surface area contributed by atoms with Crippen LogP contribution in [-0.4, -0.2) is 19.9 Å². The Morgan fingerprint density at radius 1 is 1.04 bits per heavy atom. The molecule has 6 heteroatoms. The lowest BCUT2D eigenvalue weighted by Crippen LogP contribution is -2.07. The molecule has 0 aliphatic carbocycles. The summed E-state index contributed by atoms with van der Waals surface area (Å²) in [7, 11) is -3.76. The molecule has 2 aromatic carbocycles. The van der Waals surface area contributed by atoms with Crippen molar-refractivity contribution in [2.24, 2.45) is 0 Å². The molecule has 0 bridgehead atoms. The largest absolute Gasteiger partial charge is 0.419 e. The average Bonchev–Trinajstić information content (AvgIpc) is 3.01. The number of nitrogens with zero attached hydrogens (tertiary/aromatic N) is 1. The molecule has 0 unspecified atom stereocenters. The van der Waals surface area contributed by atoms with Crippen molar-refractivity contribution in [3.05, 3.63) is 60.2 Å². The minimum absolute atomic E-state index is 0.0907. The zero-order valence-electron chi connectivity index (χ0n) is 13.5. The summed E-state index contributed by atoms with van der Waals surface area (Å²) in [6.45, 7) is 4.30. The van der Waals surface area contributed by atoms with Crippen molar-refractivity contribution in [2.45, 2.75) is 23.8 Å². The Kier molecular flexibility index (Phi) is 4.40. The molecule has 0 amide bonds. The smallest absolute Gasteiger partial charge is 0.233 e. The summed E-state index contributed by atoms with van der Waals surface area (Å²) >= 11 is 0. The van der Waals surface area contributed by atoms with E-state index in [4.69, 9.17) is 4.42 Å². The number of sulfone groups is 1. The number of hydrogen-bond donors (Lipinski definition) is 1. The van der Waals surface area contributed by atoms with E-state index in [1.807, 2.05) is 44.2 Å². The lowest BCUT2D eigenvalue weighted by molar-refractivity contribution is 0.578. The van der Waals surface area contributed by atoms with E-state index in [0.29, 0.717) is 6.54 Å². The highest BCUT2D eigenvalue weighted by Gasteiger charge is 2.28. The zero-order valence-corrected chi connectivity index (χ0v) is 14.3. The summed E-state index contributed by atoms with van der Waals surface area (Å²) in [5.74, 6) is 0.439. The third kappa shape index (κ3) is 3.05. The van der Waals surface area contributed by atoms with Crippen LogP contribution in [0.3, 0.4) is 0 Å². The molecule has 0 saturated heterocycles. The standard InChI is InChI=1S/C18H18N2O3S/c1-3-19-17-18(20-16(23-17)14-7-5-4-6-8-14)24(21,22)15-11-9-13(2)10-12-15/h4-12,19H,3H2,1-2H3. The molecule has 5 nitrogen and oxygen atoms in total. The van der Waals surface area contributed by atoms with E-state index in [9.17, 15) is 8.42 Å². The van der Waals surface area contributed by atoms with Crippen LogP contribution in [0.25, 0.3) is 11.5 Å². The second kappa shape index (κ2) is 6.49. The van der Waals surface area contributed by atoms with E-state index < -0.39 is 9.84 Å². The fraction of sp³-hybridized carbons (Fsp3) is 0.167. The minimum Gasteiger partial charge on any atom is -0.419 e. The lowest BCUT2D eigenvalue weighted by atomic mass is 10.2. The molecule has 3 aromatic rings. The van der Waals surface area contributed by atoms with E-state index >= 15 is 0 Å². The number of aromatic nitrogens is 1. The van der Waals surface area contributed by atoms with Crippen LogP contribution in [0.15, 0.2) is 68.9 Å². The number of aryl methyl sites for hydroxylation is 1. The van der Waals surface area contributed by atoms with Gasteiger partial charge in [-0.3, -0.25) is 0 Å². The molecule has 0 saturated carbocycles. The Bertz CT molecular complexity index is 930. The molecule has 0 atom stereocenters. The molecule has 1 aromatic heterocycles. The van der Waals surface area contributed by atoms with Crippen molar-refractivity contribution in [3.63, 3.8) is 0 Å². The minimum atomic E-state index is -3.76. The number of benzene rings is 2. The Balaban J connectivity index is 2.12. The van der Waals surface area contributed by atoms with Gasteiger partial charge in [0.1, 0.15) is 0 Å². The number of nitrogens with one attached hydrogen (secondary N) is 1. The number of anilines is 1. The lowest BCUT2D eigenvalue weighted by Gasteiger charge is -2.04. The molecule has 0 aliphatic rings. The summed E-state index contributed by atoms with van der Waals surface area (Å²) in [5, 5.41) is 2.85. The van der Waals surface area contributed by atoms with Gasteiger partial charge < -0.3 is 9.73 Å². The first-order valence-electron chi connectivity index (χ1n) is 7.64. The van der Waals surface area contributed by atoms with Gasteiger partial charge in [0.05, 0.1) is 4.90 Å². The maximum Gasteiger partial charge on any atom is 0.233 e. The van der Waals surface area contributed by atoms with E-state index in [2.05, 4.69) is 10.3 Å². The quantitative estimate of drug-likeness (QED) is 0.761. The summed E-state index contributed by atoms with van der Waals surface area (Å²) < 4.78 is 31.5. The molecular weight excluding hydrogens is 324 g/mol. The van der Waals surface area contributed by atoms with Gasteiger partial charge in [0.25, 0.3) is 0 Å². The van der Waals surface area contributed by atoms with E-state index in [0.717, 1.165) is 11.1 Å². The van der Waals surface area contributed by atoms with Crippen LogP contribution in [0.4, 0.5) is 5.88 Å². The summed E-state index contributed by atoms with van der Waals surface area (Å²) in [5.41, 5.74) is 1.72. The van der Waals surface area contributed by atoms with Crippen LogP contribution >= 0.6 is 0 Å². The molecular formula is C18H18N2O3S. The predicted octanol–water partition coefficient (Wildman–Crippen LogP) is 3.91. The Labute approximate surface area is 141 Å². The molecule has 1 heterocycles. The Hall–Kier alpha value is -2.60. The fourth-order valence-electron chi connectivity index (χ4n) is 2.29. The van der Waals surface area contributed by atoms with Gasteiger partial charge in [-0.05, 0) is 38.1 Å². The van der Waals surface area contributed by atoms with Crippen LogP contribution in [0.2, 0.25) is 0 Å². The molecule has 0 radical (unpaired) electrons. The first-order chi connectivity index (χ1) is 11.5. The fourth-order valence-corrected chi connectivity index (χ4v) is 3.57. The highest BCUT2D eigenvalue weighted by molar-refractivity contribution is 7.91. The van der Waals surface area contributed by atoms with Crippen molar-refractivity contribution in [1.82, 2.24) is 4.98 Å². The maximum atomic E-state index is 12.9. The average molecular weight is 342 g/mol. The van der Waals surface area contributed by atoms with Gasteiger partial charge in [-0.2, -0.15) is 4.98 Å². The van der Waals surface area contributed by atoms with Gasteiger partial charge in [0, 0.05) is 12.1 Å². The van der Waals surface area contributed by atoms with Gasteiger partial charge in [-0.15, -0.1) is 0 Å². The highest BCUT2D eigenvalue weighted by Crippen LogP contribution is 2.32. The van der Waals surface area contributed by atoms with Gasteiger partial charge in [0.15, 0.2) is 0 Å². The predicted molar refractivity (Wildman–Crippen MR) is 92.7 cm³/mol. The molecule has 1 N–H and O–H groups in total. The van der Waals surface area contributed by atoms with Crippen molar-refractivity contribution < 1.29 is 12.8 Å². The van der Waals surface area contributed by atoms with Gasteiger partial charge in [-0.25, -0.2) is 8.42 Å². The second-order valence-corrected chi connectivity index (χ2v) is 7.23. The molecule has 124 valence electrons. The molecule has 24 heavy (non-hydrogen) atoms. The molecule has 0 aliphatic heterocycles. The SMILES string of the molecule is CCNc1oc(-c2ccccc2)nc1S(=O)(=O)c1ccc(C)cc1. The maximum absolute atomic E-state index is 12.9. The summed E-state index contributed by atoms with van der Waals surface area (Å²) in [4.78, 5) is 4.45. The number of rotatable bonds is 5. The van der Waals surface area contributed by atoms with Gasteiger partial charge in [-0.1, -0.05) is 35.9 Å². The third-order valence-electron chi connectivity index (χ3n) is 3.54. The van der Waals surface area contributed by atoms with Crippen LogP contribution < -0.4 is 5.32 Å². The Morgan fingerprint density at radius 2 is 1.71 bits per heavy atom. The normalized spacial score (nSPS) is 11.4. The van der Waals surface area contributed by atoms with Crippen molar-refractivity contribution in [3.8, 4) is 11.5 Å². The van der Waals surface area contributed by atoms with Crippen LogP contribution in [0, 0.1) is 6.92 Å². The summed E-state index contributed by atoms with van der Waals surface area (Å²) in [6.07, 6.45) is 0. The monoisotopic (exact) mass is 342 g/mol. The highest BCUT2D eigenvalue weighted by atomic mass is 32.2. The van der Waals surface area contributed by atoms with Crippen molar-refractivity contribution in [1.29, 1.82) is 0 Å². The topological polar surface area (TPSA) is 72.2 Å². The zero-order chi connectivity index (χ0) is 17.2. The molecule has 0 spiro atoms. The number of hydrogen-bond acceptors (Lipinski definition) is 5. The first-order valence-corrected chi connectivity index (χ1v) is 9.12. The first kappa shape index (κ1) is 16.3. The second-order valence-electron chi connectivity index (χ2n) is 5.37. The summed E-state index contributed by atoms with van der Waals surface area (Å²) in [6, 6.07) is 15.9. The van der Waals surface area contributed by atoms with Crippen molar-refractivity contribution >= 4 is 15.7 Å². The van der Waals surface area contributed by atoms with Crippen LogP contribution in [0.1, 0.15) is 12.5 Å². The van der Waals surface area contributed by atoms with E-state index in [1.54, 1.807) is 24.3 Å². The van der Waals surface area contributed by atoms with Crippen LogP contribution in [-0.2, 0) is 9.84 Å². The van der Waals surface area contributed by atoms with Gasteiger partial charge in [0.2, 0.25) is 26.6 Å². The molecule has 3 rings (SSSR count). The number of oxazole rings is 1. The van der Waals surface area contributed by atoms with Crippen molar-refractivity contribution in [2.75, 3.05) is 11.9 Å².